The summed E-state index contributed by atoms with van der Waals surface area (Å²) in [6, 6.07) is 2.48. The number of halogens is 2. The van der Waals surface area contributed by atoms with Crippen molar-refractivity contribution in [3.63, 3.8) is 0 Å². The number of nitrogens with zero attached hydrogens (tertiary/aromatic N) is 2. The highest BCUT2D eigenvalue weighted by molar-refractivity contribution is 6.35. The van der Waals surface area contributed by atoms with Gasteiger partial charge in [-0.1, -0.05) is 23.2 Å². The lowest BCUT2D eigenvalue weighted by molar-refractivity contribution is 0.432. The van der Waals surface area contributed by atoms with Crippen LogP contribution in [0.3, 0.4) is 0 Å². The Bertz CT molecular complexity index is 561. The summed E-state index contributed by atoms with van der Waals surface area (Å²) >= 11 is 11.5. The third-order valence-electron chi connectivity index (χ3n) is 1.71. The van der Waals surface area contributed by atoms with Crippen molar-refractivity contribution in [1.29, 1.82) is 0 Å². The van der Waals surface area contributed by atoms with E-state index < -0.39 is 5.56 Å². The summed E-state index contributed by atoms with van der Waals surface area (Å²) in [5.41, 5.74) is -0.444. The molecule has 0 aromatic carbocycles. The molecule has 2 aromatic heterocycles. The summed E-state index contributed by atoms with van der Waals surface area (Å²) in [6.07, 6.45) is 1.36. The van der Waals surface area contributed by atoms with Crippen LogP contribution < -0.4 is 5.56 Å². The van der Waals surface area contributed by atoms with Gasteiger partial charge in [-0.15, -0.1) is 0 Å². The highest BCUT2D eigenvalue weighted by Gasteiger charge is 2.10. The number of aromatic nitrogens is 3. The summed E-state index contributed by atoms with van der Waals surface area (Å²) in [7, 11) is 0. The summed E-state index contributed by atoms with van der Waals surface area (Å²) < 4.78 is 1.07. The van der Waals surface area contributed by atoms with E-state index in [1.807, 2.05) is 0 Å². The molecule has 2 rings (SSSR count). The lowest BCUT2D eigenvalue weighted by Crippen LogP contribution is -2.05. The van der Waals surface area contributed by atoms with Gasteiger partial charge in [0.25, 0.3) is 5.56 Å². The van der Waals surface area contributed by atoms with E-state index in [4.69, 9.17) is 23.2 Å². The minimum Gasteiger partial charge on any atom is -0.493 e. The Balaban J connectivity index is 2.64. The van der Waals surface area contributed by atoms with E-state index in [0.717, 1.165) is 10.7 Å². The maximum absolute atomic E-state index is 10.9. The Morgan fingerprint density at radius 1 is 1.40 bits per heavy atom. The molecule has 0 aliphatic rings. The van der Waals surface area contributed by atoms with Gasteiger partial charge in [-0.25, -0.2) is 9.67 Å². The number of hydrogen-bond donors (Lipinski definition) is 2. The monoisotopic (exact) mass is 245 g/mol. The highest BCUT2D eigenvalue weighted by atomic mass is 35.5. The van der Waals surface area contributed by atoms with Gasteiger partial charge in [0, 0.05) is 6.20 Å². The number of aromatic hydroxyl groups is 1. The third kappa shape index (κ3) is 1.84. The van der Waals surface area contributed by atoms with Crippen molar-refractivity contribution in [2.45, 2.75) is 0 Å². The number of rotatable bonds is 1. The van der Waals surface area contributed by atoms with Crippen molar-refractivity contribution in [2.24, 2.45) is 0 Å². The van der Waals surface area contributed by atoms with E-state index in [1.165, 1.54) is 12.3 Å². The Hall–Kier alpha value is -1.46. The summed E-state index contributed by atoms with van der Waals surface area (Å²) in [4.78, 5) is 14.8. The summed E-state index contributed by atoms with van der Waals surface area (Å²) in [5.74, 6) is -0.0580. The zero-order valence-electron chi connectivity index (χ0n) is 7.24. The van der Waals surface area contributed by atoms with Crippen LogP contribution in [0.25, 0.3) is 5.82 Å². The maximum atomic E-state index is 10.9. The Labute approximate surface area is 93.9 Å². The Morgan fingerprint density at radius 3 is 2.67 bits per heavy atom. The van der Waals surface area contributed by atoms with Crippen molar-refractivity contribution in [3.05, 3.63) is 38.7 Å². The first kappa shape index (κ1) is 10.1. The van der Waals surface area contributed by atoms with Gasteiger partial charge in [0.05, 0.1) is 16.1 Å². The zero-order chi connectivity index (χ0) is 11.0. The second-order valence-corrected chi connectivity index (χ2v) is 3.62. The van der Waals surface area contributed by atoms with Crippen molar-refractivity contribution >= 4 is 23.2 Å². The molecule has 7 heteroatoms. The van der Waals surface area contributed by atoms with Gasteiger partial charge in [-0.05, 0) is 6.07 Å². The van der Waals surface area contributed by atoms with Crippen LogP contribution in [0.2, 0.25) is 10.0 Å². The topological polar surface area (TPSA) is 70.9 Å². The number of nitrogens with one attached hydrogen (secondary N) is 1. The van der Waals surface area contributed by atoms with Crippen LogP contribution >= 0.6 is 23.2 Å². The molecule has 2 N–H and O–H groups in total. The second kappa shape index (κ2) is 3.60. The van der Waals surface area contributed by atoms with Crippen molar-refractivity contribution < 1.29 is 5.11 Å². The molecule has 78 valence electrons. The number of H-pyrrole nitrogens is 1. The minimum atomic E-state index is -0.444. The molecule has 0 saturated carbocycles. The predicted octanol–water partition coefficient (Wildman–Crippen LogP) is 1.57. The first-order valence-electron chi connectivity index (χ1n) is 3.90. The van der Waals surface area contributed by atoms with E-state index >= 15 is 0 Å². The highest BCUT2D eigenvalue weighted by Crippen LogP contribution is 2.23. The fourth-order valence-corrected chi connectivity index (χ4v) is 1.58. The first-order valence-corrected chi connectivity index (χ1v) is 4.66. The molecule has 0 amide bonds. The van der Waals surface area contributed by atoms with Gasteiger partial charge in [0.1, 0.15) is 0 Å². The molecule has 0 bridgehead atoms. The average Bonchev–Trinajstić information content (AvgIpc) is 2.45. The van der Waals surface area contributed by atoms with Crippen LogP contribution in [0.4, 0.5) is 0 Å². The van der Waals surface area contributed by atoms with E-state index in [2.05, 4.69) is 10.1 Å². The van der Waals surface area contributed by atoms with E-state index in [-0.39, 0.29) is 16.7 Å². The van der Waals surface area contributed by atoms with E-state index in [9.17, 15) is 9.90 Å². The van der Waals surface area contributed by atoms with Crippen LogP contribution in [-0.2, 0) is 0 Å². The quantitative estimate of drug-likeness (QED) is 0.802. The van der Waals surface area contributed by atoms with Gasteiger partial charge < -0.3 is 5.11 Å². The standard InChI is InChI=1S/C8H5Cl2N3O2/c9-4-1-5(10)8(11-3-4)13-7(15)2-6(14)12-13/h1-3,15H,(H,12,14). The lowest BCUT2D eigenvalue weighted by atomic mass is 10.4. The molecule has 0 aliphatic heterocycles. The number of hydrogen-bond acceptors (Lipinski definition) is 3. The fourth-order valence-electron chi connectivity index (χ4n) is 1.11. The molecule has 15 heavy (non-hydrogen) atoms. The van der Waals surface area contributed by atoms with Gasteiger partial charge in [0.15, 0.2) is 5.82 Å². The molecular weight excluding hydrogens is 241 g/mol. The zero-order valence-corrected chi connectivity index (χ0v) is 8.75. The summed E-state index contributed by atoms with van der Waals surface area (Å²) in [5, 5.41) is 12.3. The molecule has 0 fully saturated rings. The van der Waals surface area contributed by atoms with Gasteiger partial charge >= 0.3 is 0 Å². The minimum absolute atomic E-state index is 0.209. The molecular formula is C8H5Cl2N3O2. The molecule has 0 radical (unpaired) electrons. The van der Waals surface area contributed by atoms with Crippen LogP contribution in [0.5, 0.6) is 5.88 Å². The number of aromatic amines is 1. The largest absolute Gasteiger partial charge is 0.493 e. The first-order chi connectivity index (χ1) is 7.08. The molecule has 2 aromatic rings. The molecule has 5 nitrogen and oxygen atoms in total. The van der Waals surface area contributed by atoms with Crippen LogP contribution in [0.15, 0.2) is 23.1 Å². The third-order valence-corrected chi connectivity index (χ3v) is 2.20. The second-order valence-electron chi connectivity index (χ2n) is 2.77. The smallest absolute Gasteiger partial charge is 0.268 e. The molecule has 0 saturated heterocycles. The normalized spacial score (nSPS) is 10.5. The van der Waals surface area contributed by atoms with Crippen molar-refractivity contribution in [1.82, 2.24) is 14.8 Å². The van der Waals surface area contributed by atoms with Crippen LogP contribution in [0, 0.1) is 0 Å². The SMILES string of the molecule is O=c1cc(O)n(-c2ncc(Cl)cc2Cl)[nH]1. The van der Waals surface area contributed by atoms with Crippen molar-refractivity contribution in [3.8, 4) is 11.7 Å². The molecule has 0 unspecified atom stereocenters. The van der Waals surface area contributed by atoms with E-state index in [0.29, 0.717) is 5.02 Å². The Kier molecular flexibility index (Phi) is 2.42. The summed E-state index contributed by atoms with van der Waals surface area (Å²) in [6.45, 7) is 0. The van der Waals surface area contributed by atoms with Gasteiger partial charge in [-0.3, -0.25) is 9.89 Å². The van der Waals surface area contributed by atoms with Gasteiger partial charge in [0.2, 0.25) is 5.88 Å². The lowest BCUT2D eigenvalue weighted by Gasteiger charge is -2.04. The van der Waals surface area contributed by atoms with E-state index in [1.54, 1.807) is 0 Å². The predicted molar refractivity (Wildman–Crippen MR) is 55.9 cm³/mol. The molecule has 0 aliphatic carbocycles. The molecule has 0 spiro atoms. The molecule has 0 atom stereocenters. The Morgan fingerprint density at radius 2 is 2.13 bits per heavy atom. The van der Waals surface area contributed by atoms with Crippen LogP contribution in [0.1, 0.15) is 0 Å². The van der Waals surface area contributed by atoms with Crippen molar-refractivity contribution in [2.75, 3.05) is 0 Å². The van der Waals surface area contributed by atoms with Crippen LogP contribution in [-0.4, -0.2) is 19.9 Å². The van der Waals surface area contributed by atoms with Gasteiger partial charge in [-0.2, -0.15) is 0 Å². The fraction of sp³-hybridized carbons (Fsp3) is 0. The molecule has 2 heterocycles. The average molecular weight is 246 g/mol. The number of pyridine rings is 1. The maximum Gasteiger partial charge on any atom is 0.268 e.